The number of benzene rings is 2. The molecule has 0 spiro atoms. The Morgan fingerprint density at radius 2 is 1.19 bits per heavy atom. The van der Waals surface area contributed by atoms with Gasteiger partial charge in [-0.05, 0) is 51.0 Å². The molecule has 3 atom stereocenters. The van der Waals surface area contributed by atoms with Crippen molar-refractivity contribution in [2.75, 3.05) is 6.61 Å². The summed E-state index contributed by atoms with van der Waals surface area (Å²) in [6, 6.07) is 15.2. The average molecular weight is 393 g/mol. The molecule has 0 aliphatic carbocycles. The third kappa shape index (κ3) is 5.12. The highest BCUT2D eigenvalue weighted by Crippen LogP contribution is 2.27. The van der Waals surface area contributed by atoms with Crippen LogP contribution in [-0.4, -0.2) is 25.7 Å². The van der Waals surface area contributed by atoms with Crippen LogP contribution in [0.3, 0.4) is 0 Å². The summed E-state index contributed by atoms with van der Waals surface area (Å²) in [6.07, 6.45) is -0.357. The van der Waals surface area contributed by atoms with Crippen molar-refractivity contribution in [2.45, 2.75) is 55.1 Å². The second-order valence-corrected chi connectivity index (χ2v) is 10.2. The Kier molecular flexibility index (Phi) is 7.74. The minimum Gasteiger partial charge on any atom is -0.376 e. The molecule has 0 radical (unpaired) electrons. The summed E-state index contributed by atoms with van der Waals surface area (Å²) in [7, 11) is -2.89. The van der Waals surface area contributed by atoms with E-state index < -0.39 is 26.2 Å². The molecule has 0 unspecified atom stereocenters. The van der Waals surface area contributed by atoms with E-state index >= 15 is 0 Å². The topological polar surface area (TPSA) is 43.4 Å². The number of aryl methyl sites for hydroxylation is 2. The van der Waals surface area contributed by atoms with E-state index in [0.717, 1.165) is 11.1 Å². The molecule has 0 saturated heterocycles. The molecule has 5 heteroatoms. The van der Waals surface area contributed by atoms with E-state index in [9.17, 15) is 8.42 Å². The van der Waals surface area contributed by atoms with Gasteiger partial charge < -0.3 is 4.74 Å². The maximum Gasteiger partial charge on any atom is 0.145 e. The van der Waals surface area contributed by atoms with Gasteiger partial charge in [0.1, 0.15) is 4.58 Å². The molecule has 0 saturated carbocycles. The van der Waals surface area contributed by atoms with Crippen LogP contribution >= 0.6 is 0 Å². The first-order valence-corrected chi connectivity index (χ1v) is 11.3. The maximum absolute atomic E-state index is 13.4. The molecule has 0 amide bonds. The zero-order valence-electron chi connectivity index (χ0n) is 16.1. The van der Waals surface area contributed by atoms with Crippen molar-refractivity contribution in [3.63, 3.8) is 0 Å². The van der Waals surface area contributed by atoms with Gasteiger partial charge in [0.05, 0.1) is 27.7 Å². The molecule has 0 bridgehead atoms. The van der Waals surface area contributed by atoms with Gasteiger partial charge in [0.2, 0.25) is 0 Å². The van der Waals surface area contributed by atoms with E-state index in [1.165, 1.54) is 0 Å². The van der Waals surface area contributed by atoms with Crippen LogP contribution < -0.4 is 0 Å². The maximum atomic E-state index is 13.4. The normalized spacial score (nSPS) is 15.2. The highest BCUT2D eigenvalue weighted by molar-refractivity contribution is 8.03. The largest absolute Gasteiger partial charge is 0.376 e. The summed E-state index contributed by atoms with van der Waals surface area (Å²) in [5.74, 6) is 0.101. The third-order valence-corrected chi connectivity index (χ3v) is 8.12. The van der Waals surface area contributed by atoms with Crippen LogP contribution in [0.4, 0.5) is 0 Å². The molecule has 0 aliphatic heterocycles. The molecule has 0 fully saturated rings. The number of hydrogen-bond acceptors (Lipinski definition) is 3. The van der Waals surface area contributed by atoms with Crippen LogP contribution in [0.1, 0.15) is 31.9 Å². The van der Waals surface area contributed by atoms with Gasteiger partial charge >= 0.3 is 0 Å². The molecule has 142 valence electrons. The highest BCUT2D eigenvalue weighted by atomic mass is 32.2. The molecule has 3 nitrogen and oxygen atoms in total. The molecule has 0 aromatic heterocycles. The van der Waals surface area contributed by atoms with Gasteiger partial charge in [-0.25, -0.2) is 0 Å². The van der Waals surface area contributed by atoms with Crippen LogP contribution in [0.25, 0.3) is 0 Å². The number of rotatable bonds is 8. The Morgan fingerprint density at radius 1 is 0.808 bits per heavy atom. The van der Waals surface area contributed by atoms with Crippen molar-refractivity contribution in [1.29, 1.82) is 0 Å². The Labute approximate surface area is 162 Å². The lowest BCUT2D eigenvalue weighted by atomic mass is 10.1. The lowest BCUT2D eigenvalue weighted by Crippen LogP contribution is -2.40. The van der Waals surface area contributed by atoms with Gasteiger partial charge in [-0.1, -0.05) is 49.2 Å². The monoisotopic (exact) mass is 392 g/mol. The van der Waals surface area contributed by atoms with E-state index in [1.54, 1.807) is 0 Å². The SMILES string of the molecule is CCO[C@@H](C(C)C)C([S@@](=O)c1ccc(C)cc1)[S@@](=O)c1ccc(C)cc1. The molecular formula is C21H28O3S2. The summed E-state index contributed by atoms with van der Waals surface area (Å²) in [6.45, 7) is 10.4. The van der Waals surface area contributed by atoms with Gasteiger partial charge in [-0.2, -0.15) is 0 Å². The average Bonchev–Trinajstić information content (AvgIpc) is 2.62. The molecule has 2 aromatic rings. The van der Waals surface area contributed by atoms with Crippen LogP contribution in [-0.2, 0) is 26.3 Å². The fourth-order valence-corrected chi connectivity index (χ4v) is 6.63. The van der Waals surface area contributed by atoms with Crippen molar-refractivity contribution >= 4 is 21.6 Å². The van der Waals surface area contributed by atoms with Crippen molar-refractivity contribution in [3.05, 3.63) is 59.7 Å². The van der Waals surface area contributed by atoms with Gasteiger partial charge in [0.15, 0.2) is 0 Å². The van der Waals surface area contributed by atoms with Gasteiger partial charge in [-0.15, -0.1) is 0 Å². The van der Waals surface area contributed by atoms with E-state index in [-0.39, 0.29) is 12.0 Å². The summed E-state index contributed by atoms with van der Waals surface area (Å²) in [5, 5.41) is 0. The third-order valence-electron chi connectivity index (χ3n) is 4.21. The smallest absolute Gasteiger partial charge is 0.145 e. The zero-order chi connectivity index (χ0) is 19.3. The molecule has 2 rings (SSSR count). The van der Waals surface area contributed by atoms with E-state index in [0.29, 0.717) is 16.4 Å². The van der Waals surface area contributed by atoms with Crippen LogP contribution in [0.5, 0.6) is 0 Å². The molecule has 0 N–H and O–H groups in total. The second-order valence-electron chi connectivity index (χ2n) is 6.75. The fraction of sp³-hybridized carbons (Fsp3) is 0.429. The standard InChI is InChI=1S/C21H28O3S2/c1-6-24-20(15(2)3)21(25(22)18-11-7-16(4)8-12-18)26(23)19-13-9-17(5)10-14-19/h7-15,20-21H,6H2,1-5H3/t20-,25-,26-/m0/s1. The van der Waals surface area contributed by atoms with E-state index in [1.807, 2.05) is 83.1 Å². The first-order valence-electron chi connectivity index (χ1n) is 8.91. The molecule has 0 heterocycles. The second kappa shape index (κ2) is 9.58. The van der Waals surface area contributed by atoms with E-state index in [2.05, 4.69) is 0 Å². The lowest BCUT2D eigenvalue weighted by Gasteiger charge is -2.29. The summed E-state index contributed by atoms with van der Waals surface area (Å²) >= 11 is 0. The van der Waals surface area contributed by atoms with Crippen LogP contribution in [0.2, 0.25) is 0 Å². The van der Waals surface area contributed by atoms with E-state index in [4.69, 9.17) is 4.74 Å². The van der Waals surface area contributed by atoms with Crippen molar-refractivity contribution in [3.8, 4) is 0 Å². The molecule has 2 aromatic carbocycles. The minimum atomic E-state index is -1.44. The van der Waals surface area contributed by atoms with Gasteiger partial charge in [-0.3, -0.25) is 8.42 Å². The predicted molar refractivity (Wildman–Crippen MR) is 109 cm³/mol. The van der Waals surface area contributed by atoms with Crippen molar-refractivity contribution in [1.82, 2.24) is 0 Å². The Morgan fingerprint density at radius 3 is 1.50 bits per heavy atom. The highest BCUT2D eigenvalue weighted by Gasteiger charge is 2.36. The predicted octanol–water partition coefficient (Wildman–Crippen LogP) is 4.61. The van der Waals surface area contributed by atoms with Crippen LogP contribution in [0, 0.1) is 19.8 Å². The summed E-state index contributed by atoms with van der Waals surface area (Å²) < 4.78 is 32.1. The van der Waals surface area contributed by atoms with Gasteiger partial charge in [0, 0.05) is 16.4 Å². The first-order chi connectivity index (χ1) is 12.3. The first kappa shape index (κ1) is 21.0. The minimum absolute atomic E-state index is 0.101. The quantitative estimate of drug-likeness (QED) is 0.659. The van der Waals surface area contributed by atoms with Crippen LogP contribution in [0.15, 0.2) is 58.3 Å². The molecule has 0 aliphatic rings. The van der Waals surface area contributed by atoms with Gasteiger partial charge in [0.25, 0.3) is 0 Å². The summed E-state index contributed by atoms with van der Waals surface area (Å²) in [4.78, 5) is 1.37. The summed E-state index contributed by atoms with van der Waals surface area (Å²) in [5.41, 5.74) is 2.21. The number of hydrogen-bond donors (Lipinski definition) is 0. The molecule has 26 heavy (non-hydrogen) atoms. The molecular weight excluding hydrogens is 364 g/mol. The van der Waals surface area contributed by atoms with Crippen molar-refractivity contribution in [2.24, 2.45) is 5.92 Å². The van der Waals surface area contributed by atoms with Crippen molar-refractivity contribution < 1.29 is 13.2 Å². The Bertz CT molecular complexity index is 694. The fourth-order valence-electron chi connectivity index (χ4n) is 2.71. The lowest BCUT2D eigenvalue weighted by molar-refractivity contribution is 0.0411. The number of ether oxygens (including phenoxy) is 1. The Hall–Kier alpha value is -1.30. The Balaban J connectivity index is 2.46. The zero-order valence-corrected chi connectivity index (χ0v) is 17.7.